The highest BCUT2D eigenvalue weighted by molar-refractivity contribution is 7.99. The number of nitrogens with zero attached hydrogens (tertiary/aromatic N) is 1. The van der Waals surface area contributed by atoms with Crippen molar-refractivity contribution in [2.45, 2.75) is 24.1 Å². The minimum absolute atomic E-state index is 0.0110. The number of carbonyl (C=O) groups excluding carboxylic acids is 1. The van der Waals surface area contributed by atoms with Gasteiger partial charge in [0.1, 0.15) is 5.03 Å². The Kier molecular flexibility index (Phi) is 6.92. The summed E-state index contributed by atoms with van der Waals surface area (Å²) < 4.78 is 51.0. The molecule has 26 heavy (non-hydrogen) atoms. The van der Waals surface area contributed by atoms with Crippen molar-refractivity contribution in [3.8, 4) is 0 Å². The average molecular weight is 401 g/mol. The Labute approximate surface area is 154 Å². The fourth-order valence-electron chi connectivity index (χ4n) is 2.06. The first kappa shape index (κ1) is 20.1. The highest BCUT2D eigenvalue weighted by Gasteiger charge is 2.17. The number of benzene rings is 1. The number of sulfonamides is 1. The lowest BCUT2D eigenvalue weighted by atomic mass is 10.2. The maximum Gasteiger partial charge on any atom is 0.290 e. The van der Waals surface area contributed by atoms with Crippen LogP contribution < -0.4 is 10.0 Å². The van der Waals surface area contributed by atoms with E-state index >= 15 is 0 Å². The van der Waals surface area contributed by atoms with Gasteiger partial charge in [-0.3, -0.25) is 9.52 Å². The van der Waals surface area contributed by atoms with Gasteiger partial charge in [0.05, 0.1) is 11.3 Å². The summed E-state index contributed by atoms with van der Waals surface area (Å²) >= 11 is 0.195. The Morgan fingerprint density at radius 1 is 1.19 bits per heavy atom. The summed E-state index contributed by atoms with van der Waals surface area (Å²) in [4.78, 5) is 16.1. The molecule has 0 aliphatic rings. The Morgan fingerprint density at radius 2 is 1.85 bits per heavy atom. The third kappa shape index (κ3) is 5.95. The molecule has 0 bridgehead atoms. The summed E-state index contributed by atoms with van der Waals surface area (Å²) in [6.07, 6.45) is 1.83. The first-order valence-electron chi connectivity index (χ1n) is 7.62. The number of thioether (sulfide) groups is 1. The van der Waals surface area contributed by atoms with E-state index in [0.29, 0.717) is 17.8 Å². The molecule has 6 nitrogen and oxygen atoms in total. The summed E-state index contributed by atoms with van der Waals surface area (Å²) in [5.74, 6) is -3.26. The number of carbonyl (C=O) groups is 1. The maximum atomic E-state index is 12.6. The van der Waals surface area contributed by atoms with Gasteiger partial charge in [-0.1, -0.05) is 6.92 Å². The minimum Gasteiger partial charge on any atom is -0.322 e. The van der Waals surface area contributed by atoms with Gasteiger partial charge >= 0.3 is 0 Å². The van der Waals surface area contributed by atoms with Crippen molar-refractivity contribution in [1.82, 2.24) is 4.98 Å². The monoisotopic (exact) mass is 401 g/mol. The minimum atomic E-state index is -3.40. The predicted octanol–water partition coefficient (Wildman–Crippen LogP) is 3.80. The summed E-state index contributed by atoms with van der Waals surface area (Å²) in [6, 6.07) is 8.91. The summed E-state index contributed by atoms with van der Waals surface area (Å²) in [5, 5.41) is 2.51. The second kappa shape index (κ2) is 8.95. The van der Waals surface area contributed by atoms with Crippen molar-refractivity contribution in [3.05, 3.63) is 48.2 Å². The number of hydrogen-bond acceptors (Lipinski definition) is 5. The zero-order chi connectivity index (χ0) is 19.2. The van der Waals surface area contributed by atoms with E-state index in [0.717, 1.165) is 0 Å². The van der Waals surface area contributed by atoms with Gasteiger partial charge in [0.25, 0.3) is 11.7 Å². The van der Waals surface area contributed by atoms with Crippen molar-refractivity contribution in [2.24, 2.45) is 0 Å². The van der Waals surface area contributed by atoms with Crippen molar-refractivity contribution < 1.29 is 22.0 Å². The van der Waals surface area contributed by atoms with Crippen molar-refractivity contribution in [1.29, 1.82) is 0 Å². The zero-order valence-electron chi connectivity index (χ0n) is 13.8. The molecule has 140 valence electrons. The van der Waals surface area contributed by atoms with E-state index in [4.69, 9.17) is 0 Å². The van der Waals surface area contributed by atoms with E-state index in [1.165, 1.54) is 42.6 Å². The number of pyridine rings is 1. The SMILES string of the molecule is CCCS(=O)(=O)Nc1ccc(NC(=O)c2cccnc2SC(F)F)cc1. The van der Waals surface area contributed by atoms with Crippen molar-refractivity contribution >= 4 is 39.1 Å². The van der Waals surface area contributed by atoms with Crippen LogP contribution in [0.5, 0.6) is 0 Å². The highest BCUT2D eigenvalue weighted by Crippen LogP contribution is 2.27. The van der Waals surface area contributed by atoms with Gasteiger partial charge in [-0.15, -0.1) is 0 Å². The number of alkyl halides is 2. The van der Waals surface area contributed by atoms with Crippen LogP contribution in [0.2, 0.25) is 0 Å². The Bertz CT molecular complexity index is 859. The number of anilines is 2. The molecule has 1 amide bonds. The first-order valence-corrected chi connectivity index (χ1v) is 10.2. The van der Waals surface area contributed by atoms with Gasteiger partial charge < -0.3 is 5.32 Å². The quantitative estimate of drug-likeness (QED) is 0.657. The molecule has 1 aromatic carbocycles. The Balaban J connectivity index is 2.09. The molecule has 0 aliphatic carbocycles. The fourth-order valence-corrected chi connectivity index (χ4v) is 3.77. The molecule has 2 aromatic rings. The molecule has 0 saturated carbocycles. The maximum absolute atomic E-state index is 12.6. The van der Waals surface area contributed by atoms with Crippen LogP contribution in [0.3, 0.4) is 0 Å². The smallest absolute Gasteiger partial charge is 0.290 e. The molecule has 0 radical (unpaired) electrons. The predicted molar refractivity (Wildman–Crippen MR) is 98.2 cm³/mol. The molecule has 2 N–H and O–H groups in total. The third-order valence-electron chi connectivity index (χ3n) is 3.11. The van der Waals surface area contributed by atoms with Crippen LogP contribution in [0, 0.1) is 0 Å². The molecule has 1 heterocycles. The lowest BCUT2D eigenvalue weighted by Crippen LogP contribution is -2.16. The molecule has 0 saturated heterocycles. The molecule has 0 spiro atoms. The van der Waals surface area contributed by atoms with Gasteiger partial charge in [-0.2, -0.15) is 8.78 Å². The van der Waals surface area contributed by atoms with E-state index in [1.54, 1.807) is 6.92 Å². The molecule has 0 fully saturated rings. The van der Waals surface area contributed by atoms with E-state index in [-0.39, 0.29) is 28.1 Å². The van der Waals surface area contributed by atoms with Crippen molar-refractivity contribution in [3.63, 3.8) is 0 Å². The van der Waals surface area contributed by atoms with Crippen LogP contribution in [0.1, 0.15) is 23.7 Å². The van der Waals surface area contributed by atoms with Gasteiger partial charge in [-0.05, 0) is 54.6 Å². The number of nitrogens with one attached hydrogen (secondary N) is 2. The van der Waals surface area contributed by atoms with Gasteiger partial charge in [0.2, 0.25) is 10.0 Å². The van der Waals surface area contributed by atoms with E-state index < -0.39 is 21.7 Å². The van der Waals surface area contributed by atoms with Gasteiger partial charge in [-0.25, -0.2) is 13.4 Å². The van der Waals surface area contributed by atoms with Crippen LogP contribution >= 0.6 is 11.8 Å². The van der Waals surface area contributed by atoms with Gasteiger partial charge in [0, 0.05) is 17.6 Å². The number of amides is 1. The third-order valence-corrected chi connectivity index (χ3v) is 5.32. The lowest BCUT2D eigenvalue weighted by molar-refractivity contribution is 0.102. The second-order valence-corrected chi connectivity index (χ2v) is 8.01. The topological polar surface area (TPSA) is 88.2 Å². The molecular weight excluding hydrogens is 384 g/mol. The lowest BCUT2D eigenvalue weighted by Gasteiger charge is -2.10. The van der Waals surface area contributed by atoms with Gasteiger partial charge in [0.15, 0.2) is 0 Å². The standard InChI is InChI=1S/C16H17F2N3O3S2/c1-2-10-26(23,24)21-12-7-5-11(6-8-12)20-14(22)13-4-3-9-19-15(13)25-16(17)18/h3-9,16,21H,2,10H2,1H3,(H,20,22). The molecule has 1 aromatic heterocycles. The zero-order valence-corrected chi connectivity index (χ0v) is 15.4. The fraction of sp³-hybridized carbons (Fsp3) is 0.250. The highest BCUT2D eigenvalue weighted by atomic mass is 32.2. The second-order valence-electron chi connectivity index (χ2n) is 5.19. The number of hydrogen-bond donors (Lipinski definition) is 2. The summed E-state index contributed by atoms with van der Waals surface area (Å²) in [6.45, 7) is 1.76. The number of halogens is 2. The average Bonchev–Trinajstić information content (AvgIpc) is 2.56. The van der Waals surface area contributed by atoms with E-state index in [1.807, 2.05) is 0 Å². The molecule has 0 unspecified atom stereocenters. The first-order chi connectivity index (χ1) is 12.3. The molecule has 2 rings (SSSR count). The summed E-state index contributed by atoms with van der Waals surface area (Å²) in [5.41, 5.74) is 0.794. The van der Waals surface area contributed by atoms with Crippen LogP contribution in [-0.4, -0.2) is 30.8 Å². The molecular formula is C16H17F2N3O3S2. The Morgan fingerprint density at radius 3 is 2.46 bits per heavy atom. The van der Waals surface area contributed by atoms with E-state index in [2.05, 4.69) is 15.0 Å². The molecule has 0 atom stereocenters. The van der Waals surface area contributed by atoms with Crippen LogP contribution in [0.4, 0.5) is 20.2 Å². The molecule has 0 aliphatic heterocycles. The summed E-state index contributed by atoms with van der Waals surface area (Å²) in [7, 11) is -3.40. The largest absolute Gasteiger partial charge is 0.322 e. The van der Waals surface area contributed by atoms with Crippen LogP contribution in [0.25, 0.3) is 0 Å². The van der Waals surface area contributed by atoms with Crippen molar-refractivity contribution in [2.75, 3.05) is 15.8 Å². The molecule has 10 heteroatoms. The Hall–Kier alpha value is -2.20. The normalized spacial score (nSPS) is 11.4. The van der Waals surface area contributed by atoms with Crippen LogP contribution in [-0.2, 0) is 10.0 Å². The number of aromatic nitrogens is 1. The number of rotatable bonds is 8. The van der Waals surface area contributed by atoms with E-state index in [9.17, 15) is 22.0 Å². The van der Waals surface area contributed by atoms with Crippen LogP contribution in [0.15, 0.2) is 47.6 Å².